The fourth-order valence-corrected chi connectivity index (χ4v) is 2.96. The molecule has 126 valence electrons. The third kappa shape index (κ3) is 3.61. The Kier molecular flexibility index (Phi) is 5.50. The number of unbranched alkanes of at least 4 members (excludes halogenated alkanes) is 1. The number of nitrogens with two attached hydrogens (primary N) is 1. The van der Waals surface area contributed by atoms with Crippen molar-refractivity contribution in [2.24, 2.45) is 10.7 Å². The van der Waals surface area contributed by atoms with E-state index >= 15 is 0 Å². The summed E-state index contributed by atoms with van der Waals surface area (Å²) in [4.78, 5) is 16.4. The molecule has 3 rings (SSSR count). The SMILES string of the molecule is NCCCCN=c1ncn(Cc2c(Cl)cccc2Cl)c2nc[nH]c12. The monoisotopic (exact) mass is 364 g/mol. The molecule has 0 radical (unpaired) electrons. The zero-order valence-corrected chi connectivity index (χ0v) is 14.6. The fraction of sp³-hybridized carbons (Fsp3) is 0.312. The van der Waals surface area contributed by atoms with Gasteiger partial charge in [-0.25, -0.2) is 9.97 Å². The number of H-pyrrole nitrogens is 1. The van der Waals surface area contributed by atoms with Crippen LogP contribution < -0.4 is 11.2 Å². The van der Waals surface area contributed by atoms with E-state index in [9.17, 15) is 0 Å². The van der Waals surface area contributed by atoms with Crippen LogP contribution in [-0.2, 0) is 6.54 Å². The van der Waals surface area contributed by atoms with Gasteiger partial charge in [0.25, 0.3) is 0 Å². The quantitative estimate of drug-likeness (QED) is 0.659. The molecule has 1 aromatic carbocycles. The lowest BCUT2D eigenvalue weighted by Gasteiger charge is -2.10. The van der Waals surface area contributed by atoms with E-state index < -0.39 is 0 Å². The van der Waals surface area contributed by atoms with Gasteiger partial charge in [-0.05, 0) is 31.5 Å². The predicted octanol–water partition coefficient (Wildman–Crippen LogP) is 2.75. The first kappa shape index (κ1) is 17.0. The molecule has 0 aliphatic rings. The normalized spacial score (nSPS) is 12.2. The van der Waals surface area contributed by atoms with E-state index in [0.29, 0.717) is 35.2 Å². The third-order valence-corrected chi connectivity index (χ3v) is 4.41. The Balaban J connectivity index is 1.95. The molecule has 6 nitrogen and oxygen atoms in total. The molecule has 0 aliphatic heterocycles. The molecule has 0 aliphatic carbocycles. The minimum absolute atomic E-state index is 0.486. The number of nitrogens with zero attached hydrogens (tertiary/aromatic N) is 4. The smallest absolute Gasteiger partial charge is 0.176 e. The maximum atomic E-state index is 6.26. The molecule has 3 aromatic rings. The van der Waals surface area contributed by atoms with Gasteiger partial charge in [0.05, 0.1) is 19.2 Å². The highest BCUT2D eigenvalue weighted by molar-refractivity contribution is 6.35. The summed E-state index contributed by atoms with van der Waals surface area (Å²) in [6.45, 7) is 1.86. The first-order valence-electron chi connectivity index (χ1n) is 7.72. The molecule has 24 heavy (non-hydrogen) atoms. The number of hydrogen-bond acceptors (Lipinski definition) is 4. The molecule has 2 aromatic heterocycles. The van der Waals surface area contributed by atoms with E-state index in [4.69, 9.17) is 28.9 Å². The summed E-state index contributed by atoms with van der Waals surface area (Å²) < 4.78 is 1.90. The second-order valence-electron chi connectivity index (χ2n) is 5.37. The van der Waals surface area contributed by atoms with Crippen molar-refractivity contribution in [1.29, 1.82) is 0 Å². The summed E-state index contributed by atoms with van der Waals surface area (Å²) >= 11 is 12.5. The van der Waals surface area contributed by atoms with Gasteiger partial charge in [-0.15, -0.1) is 0 Å². The molecule has 0 spiro atoms. The minimum atomic E-state index is 0.486. The van der Waals surface area contributed by atoms with Crippen LogP contribution >= 0.6 is 23.2 Å². The van der Waals surface area contributed by atoms with Crippen LogP contribution in [0.3, 0.4) is 0 Å². The first-order chi connectivity index (χ1) is 11.7. The standard InChI is InChI=1S/C16H18Cl2N6/c17-12-4-3-5-13(18)11(12)8-24-10-23-15(20-7-2-1-6-19)14-16(24)22-9-21-14/h3-5,9-10H,1-2,6-8,19H2,(H,21,22). The average Bonchev–Trinajstić information content (AvgIpc) is 3.06. The van der Waals surface area contributed by atoms with Crippen LogP contribution in [0.15, 0.2) is 35.8 Å². The lowest BCUT2D eigenvalue weighted by atomic mass is 10.2. The Morgan fingerprint density at radius 1 is 1.17 bits per heavy atom. The summed E-state index contributed by atoms with van der Waals surface area (Å²) in [6.07, 6.45) is 5.24. The van der Waals surface area contributed by atoms with Crippen molar-refractivity contribution in [3.63, 3.8) is 0 Å². The number of aromatic amines is 1. The lowest BCUT2D eigenvalue weighted by molar-refractivity contribution is 0.737. The van der Waals surface area contributed by atoms with E-state index in [-0.39, 0.29) is 0 Å². The van der Waals surface area contributed by atoms with Crippen molar-refractivity contribution in [2.45, 2.75) is 19.4 Å². The number of aromatic nitrogens is 4. The van der Waals surface area contributed by atoms with Crippen molar-refractivity contribution in [1.82, 2.24) is 19.5 Å². The number of hydrogen-bond donors (Lipinski definition) is 2. The van der Waals surface area contributed by atoms with Crippen LogP contribution in [0.5, 0.6) is 0 Å². The molecular weight excluding hydrogens is 347 g/mol. The van der Waals surface area contributed by atoms with Gasteiger partial charge in [-0.1, -0.05) is 29.3 Å². The van der Waals surface area contributed by atoms with E-state index in [1.807, 2.05) is 22.8 Å². The Bertz CT molecular complexity index is 879. The molecule has 0 saturated heterocycles. The average molecular weight is 365 g/mol. The molecule has 0 amide bonds. The zero-order chi connectivity index (χ0) is 16.9. The summed E-state index contributed by atoms with van der Waals surface area (Å²) in [7, 11) is 0. The van der Waals surface area contributed by atoms with Gasteiger partial charge in [0.15, 0.2) is 11.1 Å². The summed E-state index contributed by atoms with van der Waals surface area (Å²) in [6, 6.07) is 5.46. The maximum absolute atomic E-state index is 6.26. The second-order valence-corrected chi connectivity index (χ2v) is 6.19. The predicted molar refractivity (Wildman–Crippen MR) is 96.2 cm³/mol. The lowest BCUT2D eigenvalue weighted by Crippen LogP contribution is -2.16. The highest BCUT2D eigenvalue weighted by Crippen LogP contribution is 2.25. The topological polar surface area (TPSA) is 84.9 Å². The minimum Gasteiger partial charge on any atom is -0.340 e. The third-order valence-electron chi connectivity index (χ3n) is 3.70. The van der Waals surface area contributed by atoms with E-state index in [2.05, 4.69) is 19.9 Å². The Hall–Kier alpha value is -1.89. The van der Waals surface area contributed by atoms with Gasteiger partial charge in [0.2, 0.25) is 0 Å². The Morgan fingerprint density at radius 2 is 1.96 bits per heavy atom. The van der Waals surface area contributed by atoms with Crippen LogP contribution in [0.25, 0.3) is 11.2 Å². The van der Waals surface area contributed by atoms with E-state index in [0.717, 1.165) is 29.6 Å². The maximum Gasteiger partial charge on any atom is 0.176 e. The van der Waals surface area contributed by atoms with Crippen molar-refractivity contribution in [3.8, 4) is 0 Å². The number of imidazole rings is 1. The molecule has 0 saturated carbocycles. The van der Waals surface area contributed by atoms with Gasteiger partial charge in [0.1, 0.15) is 5.52 Å². The number of benzene rings is 1. The Labute approximate surface area is 149 Å². The molecule has 0 fully saturated rings. The van der Waals surface area contributed by atoms with Crippen molar-refractivity contribution < 1.29 is 0 Å². The highest BCUT2D eigenvalue weighted by Gasteiger charge is 2.10. The van der Waals surface area contributed by atoms with Crippen LogP contribution in [0.1, 0.15) is 18.4 Å². The summed E-state index contributed by atoms with van der Waals surface area (Å²) in [5, 5.41) is 1.24. The van der Waals surface area contributed by atoms with Gasteiger partial charge in [0, 0.05) is 22.2 Å². The van der Waals surface area contributed by atoms with E-state index in [1.54, 1.807) is 12.7 Å². The van der Waals surface area contributed by atoms with Crippen LogP contribution in [-0.4, -0.2) is 32.6 Å². The molecule has 0 bridgehead atoms. The van der Waals surface area contributed by atoms with Crippen LogP contribution in [0.2, 0.25) is 10.0 Å². The van der Waals surface area contributed by atoms with Crippen LogP contribution in [0.4, 0.5) is 0 Å². The van der Waals surface area contributed by atoms with Gasteiger partial charge in [-0.2, -0.15) is 0 Å². The van der Waals surface area contributed by atoms with Crippen LogP contribution in [0, 0.1) is 0 Å². The summed E-state index contributed by atoms with van der Waals surface area (Å²) in [5.41, 5.74) is 8.55. The van der Waals surface area contributed by atoms with Crippen molar-refractivity contribution >= 4 is 34.4 Å². The molecule has 0 unspecified atom stereocenters. The van der Waals surface area contributed by atoms with E-state index in [1.165, 1.54) is 0 Å². The van der Waals surface area contributed by atoms with Gasteiger partial charge >= 0.3 is 0 Å². The molecule has 2 heterocycles. The van der Waals surface area contributed by atoms with Crippen molar-refractivity contribution in [3.05, 3.63) is 52.0 Å². The largest absolute Gasteiger partial charge is 0.340 e. The van der Waals surface area contributed by atoms with Gasteiger partial charge < -0.3 is 15.3 Å². The number of rotatable bonds is 6. The molecule has 3 N–H and O–H groups in total. The number of halogens is 2. The Morgan fingerprint density at radius 3 is 2.71 bits per heavy atom. The number of nitrogens with one attached hydrogen (secondary N) is 1. The second kappa shape index (κ2) is 7.79. The first-order valence-corrected chi connectivity index (χ1v) is 8.48. The summed E-state index contributed by atoms with van der Waals surface area (Å²) in [5.74, 6) is 0. The molecular formula is C16H18Cl2N6. The zero-order valence-electron chi connectivity index (χ0n) is 13.0. The fourth-order valence-electron chi connectivity index (χ4n) is 2.44. The highest BCUT2D eigenvalue weighted by atomic mass is 35.5. The molecule has 0 atom stereocenters. The number of fused-ring (bicyclic) bond motifs is 1. The van der Waals surface area contributed by atoms with Gasteiger partial charge in [-0.3, -0.25) is 4.99 Å². The van der Waals surface area contributed by atoms with Crippen molar-refractivity contribution in [2.75, 3.05) is 13.1 Å². The molecule has 8 heteroatoms.